The number of nitrogens with one attached hydrogen (secondary N) is 1. The van der Waals surface area contributed by atoms with Crippen LogP contribution in [0.25, 0.3) is 0 Å². The minimum Gasteiger partial charge on any atom is -0.338 e. The third-order valence-electron chi connectivity index (χ3n) is 4.91. The Labute approximate surface area is 143 Å². The number of rotatable bonds is 4. The molecule has 2 aliphatic rings. The van der Waals surface area contributed by atoms with E-state index in [0.29, 0.717) is 18.7 Å². The first-order chi connectivity index (χ1) is 11.2. The Bertz CT molecular complexity index is 724. The Morgan fingerprint density at radius 1 is 1.21 bits per heavy atom. The summed E-state index contributed by atoms with van der Waals surface area (Å²) in [5, 5.41) is 0. The molecule has 0 radical (unpaired) electrons. The molecule has 1 unspecified atom stereocenters. The molecule has 0 spiro atoms. The Morgan fingerprint density at radius 3 is 2.38 bits per heavy atom. The van der Waals surface area contributed by atoms with Crippen molar-refractivity contribution in [2.75, 3.05) is 13.1 Å². The van der Waals surface area contributed by atoms with Gasteiger partial charge in [0.05, 0.1) is 4.90 Å². The van der Waals surface area contributed by atoms with E-state index >= 15 is 0 Å². The molecule has 7 heteroatoms. The van der Waals surface area contributed by atoms with Gasteiger partial charge in [0.25, 0.3) is 5.91 Å². The maximum absolute atomic E-state index is 12.7. The van der Waals surface area contributed by atoms with E-state index in [1.165, 1.54) is 12.1 Å². The van der Waals surface area contributed by atoms with Crippen molar-refractivity contribution in [2.45, 2.75) is 50.1 Å². The van der Waals surface area contributed by atoms with E-state index in [0.717, 1.165) is 19.3 Å². The second kappa shape index (κ2) is 6.13. The van der Waals surface area contributed by atoms with E-state index in [9.17, 15) is 13.2 Å². The molecule has 1 aromatic carbocycles. The largest absolute Gasteiger partial charge is 0.338 e. The van der Waals surface area contributed by atoms with Crippen LogP contribution in [0.4, 0.5) is 0 Å². The summed E-state index contributed by atoms with van der Waals surface area (Å²) >= 11 is 0. The first-order valence-electron chi connectivity index (χ1n) is 8.36. The standard InChI is InChI=1S/C17H25N3O3S/c1-17(2)11-20(10-9-15(17)18)16(21)12-3-7-14(8-4-12)24(22,23)19-13-5-6-13/h3-4,7-8,13,15,19H,5-6,9-11,18H2,1-2H3. The van der Waals surface area contributed by atoms with Crippen molar-refractivity contribution in [2.24, 2.45) is 11.1 Å². The summed E-state index contributed by atoms with van der Waals surface area (Å²) in [5.41, 5.74) is 6.50. The zero-order chi connectivity index (χ0) is 17.5. The second-order valence-electron chi connectivity index (χ2n) is 7.53. The molecule has 3 N–H and O–H groups in total. The lowest BCUT2D eigenvalue weighted by Crippen LogP contribution is -2.54. The van der Waals surface area contributed by atoms with E-state index in [1.54, 1.807) is 17.0 Å². The number of sulfonamides is 1. The third kappa shape index (κ3) is 3.63. The molecular formula is C17H25N3O3S. The first-order valence-corrected chi connectivity index (χ1v) is 9.85. The normalized spacial score (nSPS) is 24.0. The Morgan fingerprint density at radius 2 is 1.83 bits per heavy atom. The number of amides is 1. The molecule has 6 nitrogen and oxygen atoms in total. The van der Waals surface area contributed by atoms with Crippen LogP contribution in [0.15, 0.2) is 29.2 Å². The predicted octanol–water partition coefficient (Wildman–Crippen LogP) is 1.33. The van der Waals surface area contributed by atoms with Crippen LogP contribution in [0.1, 0.15) is 43.5 Å². The number of hydrogen-bond acceptors (Lipinski definition) is 4. The quantitative estimate of drug-likeness (QED) is 0.856. The van der Waals surface area contributed by atoms with Gasteiger partial charge in [-0.2, -0.15) is 0 Å². The van der Waals surface area contributed by atoms with E-state index in [2.05, 4.69) is 18.6 Å². The molecule has 0 bridgehead atoms. The summed E-state index contributed by atoms with van der Waals surface area (Å²) in [6.45, 7) is 5.37. The summed E-state index contributed by atoms with van der Waals surface area (Å²) in [6.07, 6.45) is 2.56. The van der Waals surface area contributed by atoms with Crippen LogP contribution in [0.5, 0.6) is 0 Å². The van der Waals surface area contributed by atoms with Gasteiger partial charge in [-0.1, -0.05) is 13.8 Å². The lowest BCUT2D eigenvalue weighted by atomic mass is 9.79. The minimum absolute atomic E-state index is 0.0658. The first kappa shape index (κ1) is 17.4. The van der Waals surface area contributed by atoms with Crippen LogP contribution in [0.2, 0.25) is 0 Å². The van der Waals surface area contributed by atoms with Gasteiger partial charge in [-0.25, -0.2) is 13.1 Å². The van der Waals surface area contributed by atoms with Gasteiger partial charge in [0.15, 0.2) is 0 Å². The molecule has 1 aromatic rings. The van der Waals surface area contributed by atoms with Gasteiger partial charge in [0, 0.05) is 30.7 Å². The molecule has 1 heterocycles. The molecule has 1 amide bonds. The second-order valence-corrected chi connectivity index (χ2v) is 9.24. The number of hydrogen-bond donors (Lipinski definition) is 2. The van der Waals surface area contributed by atoms with Crippen molar-refractivity contribution in [1.29, 1.82) is 0 Å². The Kier molecular flexibility index (Phi) is 4.44. The Hall–Kier alpha value is -1.44. The third-order valence-corrected chi connectivity index (χ3v) is 6.45. The number of likely N-dealkylation sites (tertiary alicyclic amines) is 1. The Balaban J connectivity index is 1.72. The number of benzene rings is 1. The SMILES string of the molecule is CC1(C)CN(C(=O)c2ccc(S(=O)(=O)NC3CC3)cc2)CCC1N. The lowest BCUT2D eigenvalue weighted by Gasteiger charge is -2.42. The fourth-order valence-electron chi connectivity index (χ4n) is 3.00. The molecule has 1 aliphatic carbocycles. The molecule has 1 saturated carbocycles. The van der Waals surface area contributed by atoms with Crippen LogP contribution in [-0.4, -0.2) is 44.4 Å². The molecular weight excluding hydrogens is 326 g/mol. The molecule has 1 aliphatic heterocycles. The number of carbonyl (C=O) groups excluding carboxylic acids is 1. The summed E-state index contributed by atoms with van der Waals surface area (Å²) in [5.74, 6) is -0.0749. The highest BCUT2D eigenvalue weighted by atomic mass is 32.2. The smallest absolute Gasteiger partial charge is 0.253 e. The maximum Gasteiger partial charge on any atom is 0.253 e. The van der Waals surface area contributed by atoms with Crippen LogP contribution < -0.4 is 10.5 Å². The van der Waals surface area contributed by atoms with Crippen molar-refractivity contribution >= 4 is 15.9 Å². The summed E-state index contributed by atoms with van der Waals surface area (Å²) < 4.78 is 27.0. The van der Waals surface area contributed by atoms with Gasteiger partial charge in [0.1, 0.15) is 0 Å². The predicted molar refractivity (Wildman–Crippen MR) is 92.1 cm³/mol. The van der Waals surface area contributed by atoms with Gasteiger partial charge < -0.3 is 10.6 Å². The van der Waals surface area contributed by atoms with E-state index in [4.69, 9.17) is 5.73 Å². The fraction of sp³-hybridized carbons (Fsp3) is 0.588. The van der Waals surface area contributed by atoms with Gasteiger partial charge >= 0.3 is 0 Å². The topological polar surface area (TPSA) is 92.5 Å². The molecule has 132 valence electrons. The van der Waals surface area contributed by atoms with Gasteiger partial charge in [-0.15, -0.1) is 0 Å². The van der Waals surface area contributed by atoms with Gasteiger partial charge in [0.2, 0.25) is 10.0 Å². The van der Waals surface area contributed by atoms with E-state index in [1.807, 2.05) is 0 Å². The van der Waals surface area contributed by atoms with Crippen LogP contribution in [-0.2, 0) is 10.0 Å². The van der Waals surface area contributed by atoms with Gasteiger partial charge in [-0.3, -0.25) is 4.79 Å². The average molecular weight is 351 g/mol. The number of piperidine rings is 1. The molecule has 24 heavy (non-hydrogen) atoms. The molecule has 2 fully saturated rings. The number of nitrogens with zero attached hydrogens (tertiary/aromatic N) is 1. The van der Waals surface area contributed by atoms with Crippen LogP contribution in [0.3, 0.4) is 0 Å². The monoisotopic (exact) mass is 351 g/mol. The van der Waals surface area contributed by atoms with Crippen molar-refractivity contribution in [3.05, 3.63) is 29.8 Å². The van der Waals surface area contributed by atoms with Crippen LogP contribution >= 0.6 is 0 Å². The van der Waals surface area contributed by atoms with Gasteiger partial charge in [-0.05, 0) is 48.9 Å². The molecule has 0 aromatic heterocycles. The number of carbonyl (C=O) groups is 1. The van der Waals surface area contributed by atoms with E-state index < -0.39 is 10.0 Å². The minimum atomic E-state index is -3.48. The van der Waals surface area contributed by atoms with Crippen molar-refractivity contribution < 1.29 is 13.2 Å². The van der Waals surface area contributed by atoms with Crippen LogP contribution in [0, 0.1) is 5.41 Å². The summed E-state index contributed by atoms with van der Waals surface area (Å²) in [6, 6.07) is 6.33. The summed E-state index contributed by atoms with van der Waals surface area (Å²) in [4.78, 5) is 14.7. The highest BCUT2D eigenvalue weighted by Crippen LogP contribution is 2.29. The average Bonchev–Trinajstić information content (AvgIpc) is 3.32. The highest BCUT2D eigenvalue weighted by molar-refractivity contribution is 7.89. The zero-order valence-electron chi connectivity index (χ0n) is 14.2. The molecule has 1 atom stereocenters. The lowest BCUT2D eigenvalue weighted by molar-refractivity contribution is 0.0533. The summed E-state index contributed by atoms with van der Waals surface area (Å²) in [7, 11) is -3.48. The fourth-order valence-corrected chi connectivity index (χ4v) is 4.30. The zero-order valence-corrected chi connectivity index (χ0v) is 15.0. The highest BCUT2D eigenvalue weighted by Gasteiger charge is 2.35. The number of nitrogens with two attached hydrogens (primary N) is 1. The van der Waals surface area contributed by atoms with Crippen molar-refractivity contribution in [3.8, 4) is 0 Å². The maximum atomic E-state index is 12.7. The molecule has 3 rings (SSSR count). The molecule has 1 saturated heterocycles. The van der Waals surface area contributed by atoms with E-state index in [-0.39, 0.29) is 28.3 Å². The van der Waals surface area contributed by atoms with Crippen molar-refractivity contribution in [3.63, 3.8) is 0 Å². The van der Waals surface area contributed by atoms with Crippen molar-refractivity contribution in [1.82, 2.24) is 9.62 Å².